The molecule has 1 aliphatic heterocycles. The number of piperidine rings is 1. The summed E-state index contributed by atoms with van der Waals surface area (Å²) in [7, 11) is 0. The number of alkyl halides is 3. The Kier molecular flexibility index (Phi) is 7.20. The van der Waals surface area contributed by atoms with Crippen LogP contribution in [-0.2, 0) is 16.6 Å². The van der Waals surface area contributed by atoms with Crippen molar-refractivity contribution < 1.29 is 31.9 Å². The fraction of sp³-hybridized carbons (Fsp3) is 0.500. The van der Waals surface area contributed by atoms with Crippen molar-refractivity contribution in [3.63, 3.8) is 0 Å². The Bertz CT molecular complexity index is 1030. The number of halogens is 5. The van der Waals surface area contributed by atoms with Gasteiger partial charge < -0.3 is 10.4 Å². The Morgan fingerprint density at radius 2 is 1.66 bits per heavy atom. The zero-order valence-electron chi connectivity index (χ0n) is 19.3. The zero-order valence-corrected chi connectivity index (χ0v) is 19.3. The predicted molar refractivity (Wildman–Crippen MR) is 121 cm³/mol. The van der Waals surface area contributed by atoms with Crippen molar-refractivity contribution in [1.29, 1.82) is 0 Å². The van der Waals surface area contributed by atoms with Crippen LogP contribution in [0.2, 0.25) is 0 Å². The van der Waals surface area contributed by atoms with Gasteiger partial charge in [-0.3, -0.25) is 9.69 Å². The standard InChI is InChI=1S/C26H29F5N2O2/c27-20-7-5-19(6-8-20)24(9-2-10-24)23(34)32-17-22(16-18-3-1-4-21(28)15-18)33-13-11-25(35,12-14-33)26(29,30)31/h1,3-8,15,22,35H,2,9-14,16-17H2,(H,32,34)/t22-/m0/s1. The molecule has 4 rings (SSSR count). The summed E-state index contributed by atoms with van der Waals surface area (Å²) in [6.07, 6.45) is -3.21. The van der Waals surface area contributed by atoms with E-state index in [1.54, 1.807) is 24.3 Å². The number of hydrogen-bond acceptors (Lipinski definition) is 3. The lowest BCUT2D eigenvalue weighted by Gasteiger charge is -2.44. The van der Waals surface area contributed by atoms with Crippen LogP contribution in [0.5, 0.6) is 0 Å². The molecule has 0 spiro atoms. The first-order chi connectivity index (χ1) is 16.5. The van der Waals surface area contributed by atoms with E-state index in [0.29, 0.717) is 24.8 Å². The molecule has 2 aromatic carbocycles. The number of amides is 1. The summed E-state index contributed by atoms with van der Waals surface area (Å²) in [5.41, 5.74) is -2.08. The maximum Gasteiger partial charge on any atom is 0.417 e. The van der Waals surface area contributed by atoms with Gasteiger partial charge >= 0.3 is 6.18 Å². The average molecular weight is 497 g/mol. The van der Waals surface area contributed by atoms with Crippen molar-refractivity contribution in [1.82, 2.24) is 10.2 Å². The molecule has 2 aliphatic rings. The second-order valence-electron chi connectivity index (χ2n) is 9.71. The van der Waals surface area contributed by atoms with E-state index >= 15 is 0 Å². The lowest BCUT2D eigenvalue weighted by atomic mass is 9.64. The van der Waals surface area contributed by atoms with Crippen molar-refractivity contribution in [2.45, 2.75) is 61.8 Å². The van der Waals surface area contributed by atoms with Crippen LogP contribution in [-0.4, -0.2) is 53.4 Å². The molecule has 0 bridgehead atoms. The second kappa shape index (κ2) is 9.85. The molecular formula is C26H29F5N2O2. The smallest absolute Gasteiger partial charge is 0.380 e. The molecule has 2 N–H and O–H groups in total. The quantitative estimate of drug-likeness (QED) is 0.555. The molecule has 2 fully saturated rings. The van der Waals surface area contributed by atoms with Crippen LogP contribution in [0.25, 0.3) is 0 Å². The van der Waals surface area contributed by atoms with Crippen molar-refractivity contribution in [3.8, 4) is 0 Å². The minimum absolute atomic E-state index is 0.00499. The Morgan fingerprint density at radius 3 is 2.20 bits per heavy atom. The molecule has 35 heavy (non-hydrogen) atoms. The third-order valence-electron chi connectivity index (χ3n) is 7.57. The third kappa shape index (κ3) is 5.35. The van der Waals surface area contributed by atoms with Gasteiger partial charge in [0.2, 0.25) is 5.91 Å². The van der Waals surface area contributed by atoms with E-state index in [1.165, 1.54) is 24.3 Å². The number of rotatable bonds is 7. The Hall–Kier alpha value is -2.52. The van der Waals surface area contributed by atoms with Crippen LogP contribution in [0.1, 0.15) is 43.2 Å². The summed E-state index contributed by atoms with van der Waals surface area (Å²) in [6, 6.07) is 11.5. The minimum atomic E-state index is -4.71. The fourth-order valence-corrected chi connectivity index (χ4v) is 5.13. The summed E-state index contributed by atoms with van der Waals surface area (Å²) in [5.74, 6) is -1.01. The van der Waals surface area contributed by atoms with Crippen LogP contribution in [0.4, 0.5) is 22.0 Å². The molecule has 2 aromatic rings. The number of carbonyl (C=O) groups is 1. The topological polar surface area (TPSA) is 52.6 Å². The molecule has 1 aliphatic carbocycles. The first kappa shape index (κ1) is 25.6. The Morgan fingerprint density at radius 1 is 1.00 bits per heavy atom. The number of nitrogens with zero attached hydrogens (tertiary/aromatic N) is 1. The van der Waals surface area contributed by atoms with Gasteiger partial charge in [-0.05, 0) is 67.5 Å². The second-order valence-corrected chi connectivity index (χ2v) is 9.71. The summed E-state index contributed by atoms with van der Waals surface area (Å²) in [5, 5.41) is 13.0. The normalized spacial score (nSPS) is 20.6. The highest BCUT2D eigenvalue weighted by molar-refractivity contribution is 5.89. The molecule has 190 valence electrons. The largest absolute Gasteiger partial charge is 0.417 e. The summed E-state index contributed by atoms with van der Waals surface area (Å²) >= 11 is 0. The van der Waals surface area contributed by atoms with E-state index in [2.05, 4.69) is 5.32 Å². The summed E-state index contributed by atoms with van der Waals surface area (Å²) in [6.45, 7) is 0.146. The molecule has 1 atom stereocenters. The van der Waals surface area contributed by atoms with Gasteiger partial charge in [-0.1, -0.05) is 30.7 Å². The molecule has 0 radical (unpaired) electrons. The number of likely N-dealkylation sites (tertiary alicyclic amines) is 1. The van der Waals surface area contributed by atoms with Gasteiger partial charge in [0.15, 0.2) is 5.60 Å². The van der Waals surface area contributed by atoms with Gasteiger partial charge in [-0.15, -0.1) is 0 Å². The molecule has 9 heteroatoms. The Labute approximate surface area is 201 Å². The average Bonchev–Trinajstić information content (AvgIpc) is 2.77. The van der Waals surface area contributed by atoms with Gasteiger partial charge in [-0.2, -0.15) is 13.2 Å². The molecule has 1 heterocycles. The van der Waals surface area contributed by atoms with E-state index in [4.69, 9.17) is 0 Å². The minimum Gasteiger partial charge on any atom is -0.380 e. The highest BCUT2D eigenvalue weighted by Gasteiger charge is 2.55. The van der Waals surface area contributed by atoms with Crippen LogP contribution >= 0.6 is 0 Å². The molecule has 1 saturated heterocycles. The van der Waals surface area contributed by atoms with Crippen molar-refractivity contribution in [2.24, 2.45) is 0 Å². The van der Waals surface area contributed by atoms with Crippen LogP contribution in [0, 0.1) is 11.6 Å². The van der Waals surface area contributed by atoms with Crippen molar-refractivity contribution in [3.05, 3.63) is 71.3 Å². The van der Waals surface area contributed by atoms with Gasteiger partial charge in [0.05, 0.1) is 5.41 Å². The van der Waals surface area contributed by atoms with Crippen LogP contribution in [0.3, 0.4) is 0 Å². The van der Waals surface area contributed by atoms with Gasteiger partial charge in [-0.25, -0.2) is 8.78 Å². The summed E-state index contributed by atoms with van der Waals surface area (Å²) < 4.78 is 67.0. The number of nitrogens with one attached hydrogen (secondary N) is 1. The van der Waals surface area contributed by atoms with Crippen LogP contribution in [0.15, 0.2) is 48.5 Å². The van der Waals surface area contributed by atoms with E-state index in [0.717, 1.165) is 12.0 Å². The first-order valence-electron chi connectivity index (χ1n) is 11.8. The first-order valence-corrected chi connectivity index (χ1v) is 11.8. The molecule has 1 saturated carbocycles. The number of aliphatic hydroxyl groups is 1. The molecular weight excluding hydrogens is 467 g/mol. The number of carbonyl (C=O) groups excluding carboxylic acids is 1. The lowest BCUT2D eigenvalue weighted by molar-refractivity contribution is -0.273. The highest BCUT2D eigenvalue weighted by Crippen LogP contribution is 2.44. The SMILES string of the molecule is O=C(NC[C@H](Cc1cccc(F)c1)N1CCC(O)(C(F)(F)F)CC1)C1(c2ccc(F)cc2)CCC1. The maximum absolute atomic E-state index is 13.8. The Balaban J connectivity index is 1.48. The predicted octanol–water partition coefficient (Wildman–Crippen LogP) is 4.50. The molecule has 0 aromatic heterocycles. The zero-order chi connectivity index (χ0) is 25.3. The molecule has 0 unspecified atom stereocenters. The monoisotopic (exact) mass is 496 g/mol. The van der Waals surface area contributed by atoms with E-state index in [9.17, 15) is 31.9 Å². The van der Waals surface area contributed by atoms with Gasteiger partial charge in [0, 0.05) is 25.7 Å². The van der Waals surface area contributed by atoms with E-state index in [-0.39, 0.29) is 37.4 Å². The maximum atomic E-state index is 13.8. The lowest BCUT2D eigenvalue weighted by Crippen LogP contribution is -2.58. The number of hydrogen-bond donors (Lipinski definition) is 2. The molecule has 1 amide bonds. The van der Waals surface area contributed by atoms with Crippen molar-refractivity contribution in [2.75, 3.05) is 19.6 Å². The van der Waals surface area contributed by atoms with Gasteiger partial charge in [0.25, 0.3) is 0 Å². The van der Waals surface area contributed by atoms with Crippen molar-refractivity contribution >= 4 is 5.91 Å². The third-order valence-corrected chi connectivity index (χ3v) is 7.57. The number of benzene rings is 2. The summed E-state index contributed by atoms with van der Waals surface area (Å²) in [4.78, 5) is 15.1. The van der Waals surface area contributed by atoms with Gasteiger partial charge in [0.1, 0.15) is 11.6 Å². The fourth-order valence-electron chi connectivity index (χ4n) is 5.13. The highest BCUT2D eigenvalue weighted by atomic mass is 19.4. The van der Waals surface area contributed by atoms with E-state index in [1.807, 2.05) is 4.90 Å². The van der Waals surface area contributed by atoms with E-state index < -0.39 is 35.9 Å². The van der Waals surface area contributed by atoms with Crippen LogP contribution < -0.4 is 5.32 Å². The molecule has 4 nitrogen and oxygen atoms in total.